The number of hydrogen-bond donors (Lipinski definition) is 0. The minimum absolute atomic E-state index is 0.376. The molecule has 0 bridgehead atoms. The molecule has 138 valence electrons. The molecule has 0 radical (unpaired) electrons. The van der Waals surface area contributed by atoms with Crippen LogP contribution >= 0.6 is 0 Å². The molecule has 1 heterocycles. The van der Waals surface area contributed by atoms with Crippen molar-refractivity contribution in [2.45, 2.75) is 37.4 Å². The van der Waals surface area contributed by atoms with Crippen LogP contribution in [-0.2, 0) is 20.4 Å². The van der Waals surface area contributed by atoms with Gasteiger partial charge in [0.25, 0.3) is 0 Å². The summed E-state index contributed by atoms with van der Waals surface area (Å²) in [7, 11) is 2.46. The summed E-state index contributed by atoms with van der Waals surface area (Å²) in [6.07, 6.45) is -2.91. The van der Waals surface area contributed by atoms with Crippen LogP contribution in [0.1, 0.15) is 36.3 Å². The maximum atomic E-state index is 12.8. The zero-order valence-corrected chi connectivity index (χ0v) is 14.0. The van der Waals surface area contributed by atoms with E-state index in [1.807, 2.05) is 0 Å². The van der Waals surface area contributed by atoms with E-state index in [2.05, 4.69) is 0 Å². The molecule has 8 heteroatoms. The molecular weight excluding hydrogens is 339 g/mol. The van der Waals surface area contributed by atoms with Gasteiger partial charge in [0.1, 0.15) is 5.92 Å². The van der Waals surface area contributed by atoms with Crippen LogP contribution in [0.25, 0.3) is 0 Å². The second kappa shape index (κ2) is 7.76. The maximum Gasteiger partial charge on any atom is 0.416 e. The van der Waals surface area contributed by atoms with Crippen molar-refractivity contribution in [1.82, 2.24) is 4.90 Å². The van der Waals surface area contributed by atoms with Gasteiger partial charge in [-0.1, -0.05) is 12.1 Å². The number of carbonyl (C=O) groups excluding carboxylic acids is 2. The Morgan fingerprint density at radius 1 is 1.12 bits per heavy atom. The third-order valence-corrected chi connectivity index (χ3v) is 4.40. The number of amides is 1. The molecule has 0 aliphatic carbocycles. The van der Waals surface area contributed by atoms with Crippen LogP contribution in [0, 0.1) is 0 Å². The number of rotatable bonds is 3. The van der Waals surface area contributed by atoms with Crippen LogP contribution in [0.5, 0.6) is 0 Å². The maximum absolute atomic E-state index is 12.8. The van der Waals surface area contributed by atoms with E-state index in [1.54, 1.807) is 0 Å². The van der Waals surface area contributed by atoms with Gasteiger partial charge < -0.3 is 14.4 Å². The van der Waals surface area contributed by atoms with Crippen molar-refractivity contribution in [3.63, 3.8) is 0 Å². The summed E-state index contributed by atoms with van der Waals surface area (Å²) in [5.41, 5.74) is -0.422. The topological polar surface area (TPSA) is 55.8 Å². The number of methoxy groups -OCH3 is 2. The second-order valence-corrected chi connectivity index (χ2v) is 5.85. The van der Waals surface area contributed by atoms with Gasteiger partial charge in [-0.15, -0.1) is 0 Å². The van der Waals surface area contributed by atoms with E-state index in [0.717, 1.165) is 25.0 Å². The predicted octanol–water partition coefficient (Wildman–Crippen LogP) is 3.58. The van der Waals surface area contributed by atoms with Crippen molar-refractivity contribution in [2.24, 2.45) is 0 Å². The second-order valence-electron chi connectivity index (χ2n) is 5.85. The molecule has 1 aliphatic rings. The molecule has 0 N–H and O–H groups in total. The molecule has 1 amide bonds. The fourth-order valence-electron chi connectivity index (χ4n) is 3.17. The number of halogens is 3. The van der Waals surface area contributed by atoms with E-state index in [9.17, 15) is 22.8 Å². The van der Waals surface area contributed by atoms with Gasteiger partial charge >= 0.3 is 18.2 Å². The zero-order chi connectivity index (χ0) is 18.6. The largest absolute Gasteiger partial charge is 0.468 e. The molecule has 0 unspecified atom stereocenters. The van der Waals surface area contributed by atoms with Gasteiger partial charge in [0.2, 0.25) is 0 Å². The number of likely N-dealkylation sites (tertiary alicyclic amines) is 1. The summed E-state index contributed by atoms with van der Waals surface area (Å²) in [5.74, 6) is -1.47. The van der Waals surface area contributed by atoms with Gasteiger partial charge in [-0.05, 0) is 37.0 Å². The zero-order valence-electron chi connectivity index (χ0n) is 14.0. The fraction of sp³-hybridized carbons (Fsp3) is 0.529. The van der Waals surface area contributed by atoms with E-state index in [0.29, 0.717) is 18.5 Å². The summed E-state index contributed by atoms with van der Waals surface area (Å²) < 4.78 is 47.9. The molecule has 2 rings (SSSR count). The smallest absolute Gasteiger partial charge is 0.416 e. The van der Waals surface area contributed by atoms with E-state index in [4.69, 9.17) is 9.47 Å². The molecule has 1 fully saturated rings. The molecule has 0 saturated carbocycles. The number of alkyl halides is 3. The summed E-state index contributed by atoms with van der Waals surface area (Å²) in [6.45, 7) is 0.422. The fourth-order valence-corrected chi connectivity index (χ4v) is 3.17. The standard InChI is InChI=1S/C17H20F3NO4/c1-24-15(22)14(11-6-8-12(9-7-11)17(18,19)20)13-5-3-4-10-21(13)16(23)25-2/h6-9,13-14H,3-5,10H2,1-2H3/t13-,14-/m1/s1. The first-order valence-corrected chi connectivity index (χ1v) is 7.89. The highest BCUT2D eigenvalue weighted by Crippen LogP contribution is 2.34. The SMILES string of the molecule is COC(=O)[C@H](c1ccc(C(F)(F)F)cc1)[C@H]1CCCCN1C(=O)OC. The molecule has 1 aromatic carbocycles. The van der Waals surface area contributed by atoms with Crippen LogP contribution in [0.3, 0.4) is 0 Å². The van der Waals surface area contributed by atoms with Gasteiger partial charge in [-0.2, -0.15) is 13.2 Å². The summed E-state index contributed by atoms with van der Waals surface area (Å²) in [4.78, 5) is 25.8. The Morgan fingerprint density at radius 2 is 1.76 bits per heavy atom. The molecule has 0 aromatic heterocycles. The lowest BCUT2D eigenvalue weighted by Crippen LogP contribution is -2.48. The molecule has 1 saturated heterocycles. The molecule has 1 aliphatic heterocycles. The third-order valence-electron chi connectivity index (χ3n) is 4.40. The average Bonchev–Trinajstić information content (AvgIpc) is 2.61. The Hall–Kier alpha value is -2.25. The first-order valence-electron chi connectivity index (χ1n) is 7.89. The van der Waals surface area contributed by atoms with Crippen molar-refractivity contribution < 1.29 is 32.2 Å². The number of piperidine rings is 1. The Kier molecular flexibility index (Phi) is 5.92. The number of esters is 1. The van der Waals surface area contributed by atoms with Crippen LogP contribution in [-0.4, -0.2) is 43.8 Å². The highest BCUT2D eigenvalue weighted by Gasteiger charge is 2.39. The lowest BCUT2D eigenvalue weighted by molar-refractivity contribution is -0.144. The molecule has 5 nitrogen and oxygen atoms in total. The monoisotopic (exact) mass is 359 g/mol. The van der Waals surface area contributed by atoms with Gasteiger partial charge in [-0.25, -0.2) is 4.79 Å². The number of benzene rings is 1. The Bertz CT molecular complexity index is 615. The normalized spacial score (nSPS) is 19.2. The van der Waals surface area contributed by atoms with Crippen LogP contribution < -0.4 is 0 Å². The van der Waals surface area contributed by atoms with E-state index >= 15 is 0 Å². The van der Waals surface area contributed by atoms with E-state index < -0.39 is 35.8 Å². The lowest BCUT2D eigenvalue weighted by atomic mass is 9.85. The van der Waals surface area contributed by atoms with Crippen LogP contribution in [0.2, 0.25) is 0 Å². The molecule has 25 heavy (non-hydrogen) atoms. The molecular formula is C17H20F3NO4. The molecule has 0 spiro atoms. The Morgan fingerprint density at radius 3 is 2.28 bits per heavy atom. The number of nitrogens with zero attached hydrogens (tertiary/aromatic N) is 1. The van der Waals surface area contributed by atoms with Gasteiger partial charge in [-0.3, -0.25) is 4.79 Å². The van der Waals surface area contributed by atoms with E-state index in [-0.39, 0.29) is 0 Å². The highest BCUT2D eigenvalue weighted by molar-refractivity contribution is 5.80. The molecule has 1 aromatic rings. The van der Waals surface area contributed by atoms with E-state index in [1.165, 1.54) is 31.3 Å². The van der Waals surface area contributed by atoms with Crippen molar-refractivity contribution in [3.05, 3.63) is 35.4 Å². The first-order chi connectivity index (χ1) is 11.8. The van der Waals surface area contributed by atoms with Crippen molar-refractivity contribution in [3.8, 4) is 0 Å². The summed E-state index contributed by atoms with van der Waals surface area (Å²) in [5, 5.41) is 0. The van der Waals surface area contributed by atoms with Gasteiger partial charge in [0, 0.05) is 6.54 Å². The Balaban J connectivity index is 2.38. The lowest BCUT2D eigenvalue weighted by Gasteiger charge is -2.38. The van der Waals surface area contributed by atoms with Crippen molar-refractivity contribution in [1.29, 1.82) is 0 Å². The van der Waals surface area contributed by atoms with Crippen molar-refractivity contribution in [2.75, 3.05) is 20.8 Å². The third kappa shape index (κ3) is 4.24. The van der Waals surface area contributed by atoms with Gasteiger partial charge in [0.15, 0.2) is 0 Å². The van der Waals surface area contributed by atoms with Crippen LogP contribution in [0.4, 0.5) is 18.0 Å². The summed E-state index contributed by atoms with van der Waals surface area (Å²) >= 11 is 0. The average molecular weight is 359 g/mol. The molecule has 2 atom stereocenters. The minimum Gasteiger partial charge on any atom is -0.468 e. The van der Waals surface area contributed by atoms with Crippen molar-refractivity contribution >= 4 is 12.1 Å². The van der Waals surface area contributed by atoms with Crippen LogP contribution in [0.15, 0.2) is 24.3 Å². The number of carbonyl (C=O) groups is 2. The quantitative estimate of drug-likeness (QED) is 0.774. The number of ether oxygens (including phenoxy) is 2. The summed E-state index contributed by atoms with van der Waals surface area (Å²) in [6, 6.07) is 3.85. The van der Waals surface area contributed by atoms with Gasteiger partial charge in [0.05, 0.1) is 25.8 Å². The minimum atomic E-state index is -4.46. The Labute approximate surface area is 143 Å². The predicted molar refractivity (Wildman–Crippen MR) is 83.0 cm³/mol. The first kappa shape index (κ1) is 19.1. The highest BCUT2D eigenvalue weighted by atomic mass is 19.4. The number of hydrogen-bond acceptors (Lipinski definition) is 4.